The van der Waals surface area contributed by atoms with E-state index in [1.807, 2.05) is 24.3 Å². The molecule has 11 heteroatoms. The van der Waals surface area contributed by atoms with Gasteiger partial charge in [0.15, 0.2) is 10.9 Å². The van der Waals surface area contributed by atoms with E-state index in [0.717, 1.165) is 35.0 Å². The van der Waals surface area contributed by atoms with E-state index >= 15 is 0 Å². The average Bonchev–Trinajstić information content (AvgIpc) is 2.90. The topological polar surface area (TPSA) is 87.9 Å². The molecule has 0 aromatic heterocycles. The number of halogens is 3. The van der Waals surface area contributed by atoms with Gasteiger partial charge in [0.25, 0.3) is 0 Å². The van der Waals surface area contributed by atoms with Gasteiger partial charge in [0.2, 0.25) is 0 Å². The van der Waals surface area contributed by atoms with E-state index < -0.39 is 0 Å². The first-order chi connectivity index (χ1) is 17.5. The van der Waals surface area contributed by atoms with Crippen LogP contribution in [-0.4, -0.2) is 35.9 Å². The maximum atomic E-state index is 12.1. The third-order valence-corrected chi connectivity index (χ3v) is 6.64. The van der Waals surface area contributed by atoms with Crippen LogP contribution < -0.4 is 15.6 Å². The lowest BCUT2D eigenvalue weighted by molar-refractivity contribution is -0.00618. The van der Waals surface area contributed by atoms with Crippen molar-refractivity contribution in [2.75, 3.05) is 17.2 Å². The number of anilines is 1. The molecule has 1 aliphatic rings. The van der Waals surface area contributed by atoms with E-state index in [0.29, 0.717) is 11.5 Å². The number of thioether (sulfide) groups is 1. The van der Waals surface area contributed by atoms with Gasteiger partial charge >= 0.3 is 0 Å². The van der Waals surface area contributed by atoms with Crippen molar-refractivity contribution in [3.63, 3.8) is 0 Å². The fourth-order valence-corrected chi connectivity index (χ4v) is 4.68. The van der Waals surface area contributed by atoms with Crippen molar-refractivity contribution in [1.29, 1.82) is 0 Å². The number of amidine groups is 2. The first-order valence-electron chi connectivity index (χ1n) is 11.5. The minimum Gasteiger partial charge on any atom is -0.383 e. The molecule has 2 N–H and O–H groups in total. The Morgan fingerprint density at radius 2 is 1.68 bits per heavy atom. The Bertz CT molecular complexity index is 1290. The predicted molar refractivity (Wildman–Crippen MR) is 154 cm³/mol. The number of nitrogens with zero attached hydrogens (tertiary/aromatic N) is 5. The quantitative estimate of drug-likeness (QED) is 0.217. The van der Waals surface area contributed by atoms with Gasteiger partial charge in [0.05, 0.1) is 11.9 Å². The van der Waals surface area contributed by atoms with Crippen molar-refractivity contribution >= 4 is 46.7 Å². The van der Waals surface area contributed by atoms with Crippen LogP contribution in [-0.2, 0) is 0 Å². The molecule has 0 bridgehead atoms. The highest BCUT2D eigenvalue weighted by atomic mass is 32.2. The highest BCUT2D eigenvalue weighted by molar-refractivity contribution is 8.14. The summed E-state index contributed by atoms with van der Waals surface area (Å²) in [5.74, 6) is 1.47. The molecule has 0 aliphatic carbocycles. The molecule has 1 aliphatic heterocycles. The number of aliphatic imine (C=N–C) groups is 2. The van der Waals surface area contributed by atoms with Gasteiger partial charge in [-0.25, -0.2) is 9.98 Å². The lowest BCUT2D eigenvalue weighted by Gasteiger charge is -2.31. The standard InChI is InChI=1S/C27H27FN6OS.2FH/c1-19-5-3-6-20(2)25(19)34-15-4-16-36-27(34)33-32-17-21-7-9-22(10-8-21)26(29)31-18-30-23-11-13-24(35-28)14-12-23;;/h3,5-14,17-18H,4,15-16H2,1-2H3,(H2,29,30,31);2*1H/b32-17+,33-27-;;. The molecule has 0 unspecified atom stereocenters. The summed E-state index contributed by atoms with van der Waals surface area (Å²) in [5.41, 5.74) is 12.0. The molecule has 0 spiro atoms. The van der Waals surface area contributed by atoms with Gasteiger partial charge in [-0.15, -0.1) is 5.10 Å². The molecule has 1 heterocycles. The number of rotatable bonds is 7. The summed E-state index contributed by atoms with van der Waals surface area (Å²) in [7, 11) is 0. The third-order valence-electron chi connectivity index (χ3n) is 5.58. The van der Waals surface area contributed by atoms with Crippen LogP contribution in [0.4, 0.5) is 25.3 Å². The number of hydrogen-bond acceptors (Lipinski definition) is 5. The van der Waals surface area contributed by atoms with Crippen molar-refractivity contribution < 1.29 is 18.9 Å². The SMILES string of the molecule is Cc1cccc(C)c1N1CCCS/C1=N\N=C\c1ccc(C(N)=NC=Nc2ccc(OF)cc2)cc1.F.F. The van der Waals surface area contributed by atoms with Gasteiger partial charge in [0, 0.05) is 28.1 Å². The summed E-state index contributed by atoms with van der Waals surface area (Å²) in [6, 6.07) is 20.1. The van der Waals surface area contributed by atoms with E-state index in [1.165, 1.54) is 35.3 Å². The van der Waals surface area contributed by atoms with Crippen molar-refractivity contribution in [3.8, 4) is 5.75 Å². The largest absolute Gasteiger partial charge is 0.383 e. The normalized spacial score (nSPS) is 15.0. The van der Waals surface area contributed by atoms with Crippen LogP contribution in [0.3, 0.4) is 0 Å². The molecule has 1 saturated heterocycles. The lowest BCUT2D eigenvalue weighted by Crippen LogP contribution is -2.35. The Labute approximate surface area is 223 Å². The minimum absolute atomic E-state index is 0. The van der Waals surface area contributed by atoms with E-state index in [1.54, 1.807) is 30.1 Å². The summed E-state index contributed by atoms with van der Waals surface area (Å²) < 4.78 is 12.1. The summed E-state index contributed by atoms with van der Waals surface area (Å²) in [4.78, 5) is 14.3. The number of benzene rings is 3. The highest BCUT2D eigenvalue weighted by Gasteiger charge is 2.21. The average molecular weight is 543 g/mol. The molecule has 200 valence electrons. The first-order valence-corrected chi connectivity index (χ1v) is 12.5. The Balaban J connectivity index is 0.00000253. The second kappa shape index (κ2) is 14.6. The predicted octanol–water partition coefficient (Wildman–Crippen LogP) is 6.27. The van der Waals surface area contributed by atoms with E-state index in [9.17, 15) is 4.53 Å². The summed E-state index contributed by atoms with van der Waals surface area (Å²) in [6.45, 7) is 5.19. The molecule has 4 rings (SSSR count). The van der Waals surface area contributed by atoms with Crippen molar-refractivity contribution in [2.45, 2.75) is 20.3 Å². The summed E-state index contributed by atoms with van der Waals surface area (Å²) >= 11 is 1.73. The fraction of sp³-hybridized carbons (Fsp3) is 0.185. The van der Waals surface area contributed by atoms with Crippen molar-refractivity contribution in [1.82, 2.24) is 0 Å². The molecule has 3 aromatic rings. The monoisotopic (exact) mass is 542 g/mol. The second-order valence-electron chi connectivity index (χ2n) is 8.17. The zero-order valence-electron chi connectivity index (χ0n) is 21.0. The molecule has 38 heavy (non-hydrogen) atoms. The maximum absolute atomic E-state index is 12.1. The second-order valence-corrected chi connectivity index (χ2v) is 9.24. The third kappa shape index (κ3) is 7.69. The number of nitrogens with two attached hydrogens (primary N) is 1. The molecular weight excluding hydrogens is 513 g/mol. The van der Waals surface area contributed by atoms with Crippen LogP contribution in [0.5, 0.6) is 5.75 Å². The first kappa shape index (κ1) is 30.1. The van der Waals surface area contributed by atoms with E-state index in [-0.39, 0.29) is 15.2 Å². The molecule has 0 radical (unpaired) electrons. The van der Waals surface area contributed by atoms with Crippen LogP contribution in [0.2, 0.25) is 0 Å². The Kier molecular flexibility index (Phi) is 11.5. The molecule has 0 amide bonds. The van der Waals surface area contributed by atoms with Crippen molar-refractivity contribution in [2.24, 2.45) is 25.9 Å². The smallest absolute Gasteiger partial charge is 0.190 e. The maximum Gasteiger partial charge on any atom is 0.190 e. The molecular formula is C27H29F3N6OS. The van der Waals surface area contributed by atoms with Crippen LogP contribution in [0.25, 0.3) is 0 Å². The number of para-hydroxylation sites is 1. The minimum atomic E-state index is 0. The Morgan fingerprint density at radius 3 is 2.34 bits per heavy atom. The number of aryl methyl sites for hydroxylation is 2. The van der Waals surface area contributed by atoms with Crippen LogP contribution in [0, 0.1) is 13.8 Å². The van der Waals surface area contributed by atoms with Gasteiger partial charge in [-0.3, -0.25) is 14.4 Å². The fourth-order valence-electron chi connectivity index (χ4n) is 3.78. The van der Waals surface area contributed by atoms with Gasteiger partial charge in [0.1, 0.15) is 12.2 Å². The van der Waals surface area contributed by atoms with E-state index in [4.69, 9.17) is 5.73 Å². The molecule has 7 nitrogen and oxygen atoms in total. The molecule has 1 fully saturated rings. The van der Waals surface area contributed by atoms with E-state index in [2.05, 4.69) is 62.1 Å². The zero-order chi connectivity index (χ0) is 25.3. The van der Waals surface area contributed by atoms with Crippen LogP contribution in [0.1, 0.15) is 28.7 Å². The van der Waals surface area contributed by atoms with Gasteiger partial charge in [-0.05, 0) is 61.2 Å². The highest BCUT2D eigenvalue weighted by Crippen LogP contribution is 2.30. The van der Waals surface area contributed by atoms with Crippen LogP contribution >= 0.6 is 11.8 Å². The molecule has 0 atom stereocenters. The molecule has 0 saturated carbocycles. The Hall–Kier alpha value is -4.12. The summed E-state index contributed by atoms with van der Waals surface area (Å²) in [5, 5.41) is 9.80. The van der Waals surface area contributed by atoms with Gasteiger partial charge in [-0.1, -0.05) is 54.2 Å². The van der Waals surface area contributed by atoms with Crippen LogP contribution in [0.15, 0.2) is 86.9 Å². The molecule has 3 aromatic carbocycles. The van der Waals surface area contributed by atoms with Gasteiger partial charge < -0.3 is 10.6 Å². The summed E-state index contributed by atoms with van der Waals surface area (Å²) in [6.07, 6.45) is 4.20. The van der Waals surface area contributed by atoms with Gasteiger partial charge in [-0.2, -0.15) is 5.10 Å². The lowest BCUT2D eigenvalue weighted by atomic mass is 10.1. The number of hydrogen-bond donors (Lipinski definition) is 1. The Morgan fingerprint density at radius 1 is 1.00 bits per heavy atom. The van der Waals surface area contributed by atoms with Crippen molar-refractivity contribution in [3.05, 3.63) is 89.0 Å². The zero-order valence-corrected chi connectivity index (χ0v) is 21.8.